The van der Waals surface area contributed by atoms with Crippen LogP contribution in [-0.2, 0) is 19.5 Å². The molecule has 3 aromatic heterocycles. The van der Waals surface area contributed by atoms with Crippen LogP contribution in [0.15, 0.2) is 47.0 Å². The molecule has 0 atom stereocenters. The third-order valence-electron chi connectivity index (χ3n) is 6.51. The minimum Gasteiger partial charge on any atom is -0.383 e. The number of nitrogens with zero attached hydrogens (tertiary/aromatic N) is 5. The van der Waals surface area contributed by atoms with Gasteiger partial charge in [0.05, 0.1) is 17.5 Å². The van der Waals surface area contributed by atoms with Gasteiger partial charge in [0.15, 0.2) is 0 Å². The second-order valence-electron chi connectivity index (χ2n) is 8.62. The Balaban J connectivity index is 1.64. The summed E-state index contributed by atoms with van der Waals surface area (Å²) in [6, 6.07) is 10.4. The number of hydrogen-bond acceptors (Lipinski definition) is 6. The fourth-order valence-corrected chi connectivity index (χ4v) is 5.55. The molecule has 0 spiro atoms. The van der Waals surface area contributed by atoms with E-state index in [0.717, 1.165) is 42.2 Å². The topological polar surface area (TPSA) is 68.0 Å². The Hall–Kier alpha value is -3.13. The summed E-state index contributed by atoms with van der Waals surface area (Å²) in [7, 11) is 1.93. The van der Waals surface area contributed by atoms with Crippen LogP contribution in [0.2, 0.25) is 0 Å². The van der Waals surface area contributed by atoms with Crippen molar-refractivity contribution < 1.29 is 0 Å². The maximum Gasteiger partial charge on any atom is 0.278 e. The van der Waals surface area contributed by atoms with Gasteiger partial charge in [-0.05, 0) is 31.7 Å². The van der Waals surface area contributed by atoms with Gasteiger partial charge in [-0.3, -0.25) is 9.36 Å². The number of anilines is 2. The lowest BCUT2D eigenvalue weighted by Gasteiger charge is -2.30. The summed E-state index contributed by atoms with van der Waals surface area (Å²) in [5, 5.41) is 3.37. The van der Waals surface area contributed by atoms with Gasteiger partial charge in [-0.1, -0.05) is 30.3 Å². The number of fused-ring (bicyclic) bond motifs is 1. The zero-order valence-corrected chi connectivity index (χ0v) is 20.1. The van der Waals surface area contributed by atoms with Crippen LogP contribution in [0.25, 0.3) is 11.0 Å². The van der Waals surface area contributed by atoms with E-state index in [1.165, 1.54) is 29.7 Å². The fourth-order valence-electron chi connectivity index (χ4n) is 4.78. The van der Waals surface area contributed by atoms with E-state index in [2.05, 4.69) is 44.0 Å². The molecule has 1 aliphatic rings. The SMILES string of the molecule is CNc1c(N2CCCCC2)n(Cc2ccccc2)c2c(=O)n(CCc3scnc3C)cnc12. The van der Waals surface area contributed by atoms with E-state index in [1.54, 1.807) is 22.2 Å². The van der Waals surface area contributed by atoms with Crippen LogP contribution in [0, 0.1) is 6.92 Å². The second kappa shape index (κ2) is 9.39. The maximum absolute atomic E-state index is 13.8. The van der Waals surface area contributed by atoms with Crippen LogP contribution in [-0.4, -0.2) is 39.2 Å². The molecule has 5 rings (SSSR count). The number of piperidine rings is 1. The molecular formula is C25H30N6OS. The summed E-state index contributed by atoms with van der Waals surface area (Å²) in [6.07, 6.45) is 6.08. The molecule has 1 aliphatic heterocycles. The molecule has 0 bridgehead atoms. The van der Waals surface area contributed by atoms with Gasteiger partial charge in [0.2, 0.25) is 0 Å². The predicted octanol–water partition coefficient (Wildman–Crippen LogP) is 4.29. The Kier molecular flexibility index (Phi) is 6.17. The fraction of sp³-hybridized carbons (Fsp3) is 0.400. The van der Waals surface area contributed by atoms with Crippen molar-refractivity contribution in [2.75, 3.05) is 30.4 Å². The monoisotopic (exact) mass is 462 g/mol. The van der Waals surface area contributed by atoms with Crippen LogP contribution in [0.5, 0.6) is 0 Å². The van der Waals surface area contributed by atoms with Crippen molar-refractivity contribution in [3.8, 4) is 0 Å². The number of aromatic nitrogens is 4. The van der Waals surface area contributed by atoms with Crippen LogP contribution in [0.4, 0.5) is 11.5 Å². The Morgan fingerprint density at radius 3 is 2.58 bits per heavy atom. The Morgan fingerprint density at radius 1 is 1.09 bits per heavy atom. The molecule has 0 radical (unpaired) electrons. The predicted molar refractivity (Wildman–Crippen MR) is 136 cm³/mol. The molecule has 1 fully saturated rings. The third kappa shape index (κ3) is 4.15. The van der Waals surface area contributed by atoms with Gasteiger partial charge in [0.1, 0.15) is 22.5 Å². The normalized spacial score (nSPS) is 14.2. The van der Waals surface area contributed by atoms with Crippen LogP contribution < -0.4 is 15.8 Å². The molecule has 0 unspecified atom stereocenters. The van der Waals surface area contributed by atoms with E-state index in [4.69, 9.17) is 4.98 Å². The summed E-state index contributed by atoms with van der Waals surface area (Å²) < 4.78 is 3.94. The highest BCUT2D eigenvalue weighted by atomic mass is 32.1. The van der Waals surface area contributed by atoms with Crippen molar-refractivity contribution >= 4 is 33.9 Å². The van der Waals surface area contributed by atoms with Gasteiger partial charge in [-0.2, -0.15) is 0 Å². The molecule has 33 heavy (non-hydrogen) atoms. The second-order valence-corrected chi connectivity index (χ2v) is 9.56. The van der Waals surface area contributed by atoms with Crippen molar-refractivity contribution in [1.82, 2.24) is 19.1 Å². The Morgan fingerprint density at radius 2 is 1.88 bits per heavy atom. The van der Waals surface area contributed by atoms with E-state index >= 15 is 0 Å². The van der Waals surface area contributed by atoms with Gasteiger partial charge >= 0.3 is 0 Å². The van der Waals surface area contributed by atoms with Crippen LogP contribution >= 0.6 is 11.3 Å². The lowest BCUT2D eigenvalue weighted by atomic mass is 10.1. The lowest BCUT2D eigenvalue weighted by Crippen LogP contribution is -2.32. The average molecular weight is 463 g/mol. The third-order valence-corrected chi connectivity index (χ3v) is 7.51. The highest BCUT2D eigenvalue weighted by molar-refractivity contribution is 7.09. The van der Waals surface area contributed by atoms with Crippen LogP contribution in [0.1, 0.15) is 35.4 Å². The molecule has 172 valence electrons. The number of hydrogen-bond donors (Lipinski definition) is 1. The number of aryl methyl sites for hydroxylation is 3. The molecule has 0 saturated carbocycles. The highest BCUT2D eigenvalue weighted by Gasteiger charge is 2.26. The number of nitrogens with one attached hydrogen (secondary N) is 1. The van der Waals surface area contributed by atoms with Crippen molar-refractivity contribution in [2.24, 2.45) is 0 Å². The molecule has 8 heteroatoms. The van der Waals surface area contributed by atoms with E-state index in [9.17, 15) is 4.79 Å². The largest absolute Gasteiger partial charge is 0.383 e. The Bertz CT molecular complexity index is 1300. The van der Waals surface area contributed by atoms with Crippen molar-refractivity contribution in [2.45, 2.75) is 45.7 Å². The molecule has 1 N–H and O–H groups in total. The summed E-state index contributed by atoms with van der Waals surface area (Å²) in [5.74, 6) is 1.08. The molecule has 0 amide bonds. The highest BCUT2D eigenvalue weighted by Crippen LogP contribution is 2.37. The minimum absolute atomic E-state index is 0.0119. The summed E-state index contributed by atoms with van der Waals surface area (Å²) in [4.78, 5) is 26.6. The van der Waals surface area contributed by atoms with Crippen molar-refractivity contribution in [1.29, 1.82) is 0 Å². The van der Waals surface area contributed by atoms with E-state index in [0.29, 0.717) is 18.6 Å². The Labute approximate surface area is 197 Å². The average Bonchev–Trinajstić information content (AvgIpc) is 3.40. The first-order valence-corrected chi connectivity index (χ1v) is 12.5. The summed E-state index contributed by atoms with van der Waals surface area (Å²) in [6.45, 7) is 5.25. The standard InChI is InChI=1S/C25H30N6OS/c1-18-20(33-17-28-18)11-14-30-16-27-21-22(26-2)24(29-12-7-4-8-13-29)31(23(21)25(30)32)15-19-9-5-3-6-10-19/h3,5-6,9-10,16-17,26H,4,7-8,11-15H2,1-2H3. The lowest BCUT2D eigenvalue weighted by molar-refractivity contribution is 0.565. The first-order chi connectivity index (χ1) is 16.2. The van der Waals surface area contributed by atoms with Gasteiger partial charge in [-0.15, -0.1) is 11.3 Å². The van der Waals surface area contributed by atoms with Gasteiger partial charge < -0.3 is 14.8 Å². The summed E-state index contributed by atoms with van der Waals surface area (Å²) >= 11 is 1.64. The van der Waals surface area contributed by atoms with Gasteiger partial charge in [0, 0.05) is 44.5 Å². The quantitative estimate of drug-likeness (QED) is 0.444. The van der Waals surface area contributed by atoms with Gasteiger partial charge in [-0.25, -0.2) is 9.97 Å². The molecule has 1 aromatic carbocycles. The smallest absolute Gasteiger partial charge is 0.278 e. The molecule has 4 aromatic rings. The van der Waals surface area contributed by atoms with Crippen LogP contribution in [0.3, 0.4) is 0 Å². The minimum atomic E-state index is 0.0119. The maximum atomic E-state index is 13.8. The number of benzene rings is 1. The molecule has 4 heterocycles. The molecule has 0 aliphatic carbocycles. The summed E-state index contributed by atoms with van der Waals surface area (Å²) in [5.41, 5.74) is 6.47. The number of thiazole rings is 1. The molecule has 7 nitrogen and oxygen atoms in total. The van der Waals surface area contributed by atoms with E-state index in [1.807, 2.05) is 25.5 Å². The van der Waals surface area contributed by atoms with Gasteiger partial charge in [0.25, 0.3) is 5.56 Å². The first-order valence-electron chi connectivity index (χ1n) is 11.6. The van der Waals surface area contributed by atoms with E-state index < -0.39 is 0 Å². The molecular weight excluding hydrogens is 432 g/mol. The first kappa shape index (κ1) is 21.7. The molecule has 1 saturated heterocycles. The van der Waals surface area contributed by atoms with E-state index in [-0.39, 0.29) is 5.56 Å². The zero-order chi connectivity index (χ0) is 22.8. The number of rotatable bonds is 7. The van der Waals surface area contributed by atoms with Crippen molar-refractivity contribution in [3.63, 3.8) is 0 Å². The van der Waals surface area contributed by atoms with Crippen molar-refractivity contribution in [3.05, 3.63) is 68.7 Å². The zero-order valence-electron chi connectivity index (χ0n) is 19.3.